The third kappa shape index (κ3) is 3.35. The van der Waals surface area contributed by atoms with Gasteiger partial charge in [-0.1, -0.05) is 44.8 Å². The van der Waals surface area contributed by atoms with Crippen molar-refractivity contribution < 1.29 is 4.79 Å². The van der Waals surface area contributed by atoms with Crippen LogP contribution in [0.15, 0.2) is 35.2 Å². The van der Waals surface area contributed by atoms with Gasteiger partial charge in [0.1, 0.15) is 0 Å². The van der Waals surface area contributed by atoms with Gasteiger partial charge in [-0.15, -0.1) is 0 Å². The Kier molecular flexibility index (Phi) is 5.87. The highest BCUT2D eigenvalue weighted by molar-refractivity contribution is 14.1. The third-order valence-corrected chi connectivity index (χ3v) is 5.37. The molecular formula is C17H24INO. The minimum absolute atomic E-state index is 0.0562. The number of rotatable bonds is 6. The zero-order valence-electron chi connectivity index (χ0n) is 12.5. The number of nitrogens with zero attached hydrogens (tertiary/aromatic N) is 1. The Morgan fingerprint density at radius 1 is 1.30 bits per heavy atom. The summed E-state index contributed by atoms with van der Waals surface area (Å²) in [4.78, 5) is 12.5. The van der Waals surface area contributed by atoms with E-state index in [1.54, 1.807) is 0 Å². The van der Waals surface area contributed by atoms with Crippen LogP contribution >= 0.6 is 22.9 Å². The summed E-state index contributed by atoms with van der Waals surface area (Å²) in [6, 6.07) is 0. The number of hydrogen-bond acceptors (Lipinski definition) is 2. The highest BCUT2D eigenvalue weighted by Crippen LogP contribution is 2.39. The molecule has 0 fully saturated rings. The molecule has 2 nitrogen and oxygen atoms in total. The number of carbonyl (C=O) groups is 1. The van der Waals surface area contributed by atoms with E-state index < -0.39 is 0 Å². The number of unbranched alkanes of at least 4 members (excludes halogenated alkanes) is 4. The van der Waals surface area contributed by atoms with E-state index in [1.807, 2.05) is 6.92 Å². The fraction of sp³-hybridized carbons (Fsp3) is 0.588. The van der Waals surface area contributed by atoms with E-state index in [0.717, 1.165) is 18.4 Å². The highest BCUT2D eigenvalue weighted by atomic mass is 127. The minimum atomic E-state index is 0.0562. The summed E-state index contributed by atoms with van der Waals surface area (Å²) in [7, 11) is 0. The molecule has 1 atom stereocenters. The molecule has 0 aromatic heterocycles. The second-order valence-corrected chi connectivity index (χ2v) is 6.65. The smallest absolute Gasteiger partial charge is 0.169 e. The largest absolute Gasteiger partial charge is 0.294 e. The predicted octanol–water partition coefficient (Wildman–Crippen LogP) is 5.32. The molecule has 0 aromatic rings. The van der Waals surface area contributed by atoms with E-state index in [9.17, 15) is 4.79 Å². The van der Waals surface area contributed by atoms with Crippen LogP contribution in [0.2, 0.25) is 0 Å². The van der Waals surface area contributed by atoms with E-state index in [2.05, 4.69) is 51.1 Å². The normalized spacial score (nSPS) is 22.1. The second kappa shape index (κ2) is 7.43. The molecule has 0 aromatic carbocycles. The van der Waals surface area contributed by atoms with Crippen molar-refractivity contribution in [3.63, 3.8) is 0 Å². The topological polar surface area (TPSA) is 20.3 Å². The Morgan fingerprint density at radius 2 is 2.05 bits per heavy atom. The summed E-state index contributed by atoms with van der Waals surface area (Å²) in [6.07, 6.45) is 14.5. The van der Waals surface area contributed by atoms with Crippen molar-refractivity contribution >= 4 is 28.6 Å². The van der Waals surface area contributed by atoms with Crippen LogP contribution in [0.4, 0.5) is 0 Å². The van der Waals surface area contributed by atoms with Crippen molar-refractivity contribution in [1.82, 2.24) is 3.11 Å². The maximum Gasteiger partial charge on any atom is 0.169 e. The zero-order valence-corrected chi connectivity index (χ0v) is 14.7. The molecule has 0 amide bonds. The molecule has 3 heteroatoms. The van der Waals surface area contributed by atoms with E-state index in [1.165, 1.54) is 43.5 Å². The predicted molar refractivity (Wildman–Crippen MR) is 92.3 cm³/mol. The van der Waals surface area contributed by atoms with E-state index >= 15 is 0 Å². The molecule has 0 saturated carbocycles. The Hall–Kier alpha value is -0.580. The molecule has 2 aliphatic rings. The molecule has 0 bridgehead atoms. The average molecular weight is 385 g/mol. The van der Waals surface area contributed by atoms with Gasteiger partial charge in [0, 0.05) is 17.0 Å². The van der Waals surface area contributed by atoms with Crippen LogP contribution < -0.4 is 0 Å². The Balaban J connectivity index is 2.04. The summed E-state index contributed by atoms with van der Waals surface area (Å²) in [6.45, 7) is 4.24. The maximum absolute atomic E-state index is 12.5. The fourth-order valence-electron chi connectivity index (χ4n) is 2.95. The van der Waals surface area contributed by atoms with Gasteiger partial charge in [0.25, 0.3) is 0 Å². The van der Waals surface area contributed by atoms with Gasteiger partial charge in [-0.3, -0.25) is 7.91 Å². The van der Waals surface area contributed by atoms with Crippen molar-refractivity contribution in [3.05, 3.63) is 35.2 Å². The van der Waals surface area contributed by atoms with Gasteiger partial charge in [0.2, 0.25) is 0 Å². The Labute approximate surface area is 136 Å². The summed E-state index contributed by atoms with van der Waals surface area (Å²) < 4.78 is 2.24. The molecule has 1 heterocycles. The lowest BCUT2D eigenvalue weighted by atomic mass is 9.84. The average Bonchev–Trinajstić information content (AvgIpc) is 2.48. The van der Waals surface area contributed by atoms with Gasteiger partial charge in [0.05, 0.1) is 28.8 Å². The first-order valence-corrected chi connectivity index (χ1v) is 8.70. The van der Waals surface area contributed by atoms with Crippen LogP contribution in [-0.4, -0.2) is 8.90 Å². The van der Waals surface area contributed by atoms with Crippen molar-refractivity contribution in [1.29, 1.82) is 0 Å². The third-order valence-electron chi connectivity index (χ3n) is 4.23. The van der Waals surface area contributed by atoms with Crippen LogP contribution in [0.5, 0.6) is 0 Å². The molecule has 20 heavy (non-hydrogen) atoms. The molecule has 1 aliphatic heterocycles. The molecule has 110 valence electrons. The van der Waals surface area contributed by atoms with Gasteiger partial charge in [-0.05, 0) is 32.3 Å². The number of allylic oxidation sites excluding steroid dienone is 6. The zero-order chi connectivity index (χ0) is 14.5. The Bertz CT molecular complexity index is 462. The molecule has 0 N–H and O–H groups in total. The number of Topliss-reactive ketones (excluding diaryl/α,β-unsaturated/α-hetero) is 1. The summed E-state index contributed by atoms with van der Waals surface area (Å²) in [5, 5.41) is 0. The molecule has 1 unspecified atom stereocenters. The summed E-state index contributed by atoms with van der Waals surface area (Å²) >= 11 is 2.37. The van der Waals surface area contributed by atoms with E-state index in [-0.39, 0.29) is 5.92 Å². The van der Waals surface area contributed by atoms with Gasteiger partial charge >= 0.3 is 0 Å². The van der Waals surface area contributed by atoms with Crippen LogP contribution in [-0.2, 0) is 4.79 Å². The summed E-state index contributed by atoms with van der Waals surface area (Å²) in [5.41, 5.74) is 3.38. The van der Waals surface area contributed by atoms with Gasteiger partial charge in [-0.2, -0.15) is 0 Å². The van der Waals surface area contributed by atoms with Crippen LogP contribution in [0.1, 0.15) is 58.8 Å². The number of halogens is 1. The second-order valence-electron chi connectivity index (χ2n) is 5.69. The van der Waals surface area contributed by atoms with Crippen molar-refractivity contribution in [2.75, 3.05) is 0 Å². The Morgan fingerprint density at radius 3 is 2.80 bits per heavy atom. The number of carbonyl (C=O) groups excluding carboxylic acids is 1. The highest BCUT2D eigenvalue weighted by Gasteiger charge is 2.35. The van der Waals surface area contributed by atoms with Crippen LogP contribution in [0.25, 0.3) is 0 Å². The SMILES string of the molecule is CCCCCCCC1=C(C)C(=O)C2CC=CC=C2N1I. The van der Waals surface area contributed by atoms with Crippen molar-refractivity contribution in [2.24, 2.45) is 5.92 Å². The standard InChI is InChI=1S/C17H24INO/c1-3-4-5-6-7-11-15-13(2)17(20)14-10-8-9-12-16(14)19(15)18/h8-9,12,14H,3-7,10-11H2,1-2H3. The number of ketones is 1. The summed E-state index contributed by atoms with van der Waals surface area (Å²) in [5.74, 6) is 0.387. The maximum atomic E-state index is 12.5. The van der Waals surface area contributed by atoms with Crippen molar-refractivity contribution in [2.45, 2.75) is 58.8 Å². The van der Waals surface area contributed by atoms with E-state index in [0.29, 0.717) is 5.78 Å². The fourth-order valence-corrected chi connectivity index (χ4v) is 4.05. The quantitative estimate of drug-likeness (QED) is 0.351. The molecule has 2 rings (SSSR count). The minimum Gasteiger partial charge on any atom is -0.294 e. The molecule has 0 saturated heterocycles. The first-order chi connectivity index (χ1) is 9.66. The molecule has 0 spiro atoms. The van der Waals surface area contributed by atoms with Crippen LogP contribution in [0.3, 0.4) is 0 Å². The molecule has 1 aliphatic carbocycles. The van der Waals surface area contributed by atoms with Gasteiger partial charge in [-0.25, -0.2) is 0 Å². The van der Waals surface area contributed by atoms with Gasteiger partial charge in [0.15, 0.2) is 5.78 Å². The lowest BCUT2D eigenvalue weighted by Gasteiger charge is -2.35. The van der Waals surface area contributed by atoms with Crippen LogP contribution in [0, 0.1) is 5.92 Å². The first kappa shape index (κ1) is 15.8. The number of fused-ring (bicyclic) bond motifs is 1. The van der Waals surface area contributed by atoms with E-state index in [4.69, 9.17) is 0 Å². The lowest BCUT2D eigenvalue weighted by molar-refractivity contribution is -0.118. The van der Waals surface area contributed by atoms with Crippen molar-refractivity contribution in [3.8, 4) is 0 Å². The van der Waals surface area contributed by atoms with Gasteiger partial charge < -0.3 is 0 Å². The molecule has 0 radical (unpaired) electrons. The first-order valence-electron chi connectivity index (χ1n) is 7.73. The monoisotopic (exact) mass is 385 g/mol. The number of hydrogen-bond donors (Lipinski definition) is 0. The molecular weight excluding hydrogens is 361 g/mol. The lowest BCUT2D eigenvalue weighted by Crippen LogP contribution is -2.33.